The summed E-state index contributed by atoms with van der Waals surface area (Å²) >= 11 is 6.87. The molecule has 1 amide bonds. The second-order valence-corrected chi connectivity index (χ2v) is 10.8. The van der Waals surface area contributed by atoms with Crippen molar-refractivity contribution in [2.75, 3.05) is 13.2 Å². The zero-order valence-electron chi connectivity index (χ0n) is 20.7. The fraction of sp³-hybridized carbons (Fsp3) is 0.321. The Morgan fingerprint density at radius 1 is 1.17 bits per heavy atom. The number of amides is 1. The fourth-order valence-electron chi connectivity index (χ4n) is 3.90. The lowest BCUT2D eigenvalue weighted by molar-refractivity contribution is -0.122. The zero-order chi connectivity index (χ0) is 24.9. The van der Waals surface area contributed by atoms with Crippen molar-refractivity contribution in [3.8, 4) is 22.7 Å². The average molecular weight is 506 g/mol. The molecule has 0 radical (unpaired) electrons. The highest BCUT2D eigenvalue weighted by Crippen LogP contribution is 2.36. The Labute approximate surface area is 217 Å². The molecule has 0 bridgehead atoms. The number of carbonyl (C=O) groups excluding carboxylic acids is 1. The van der Waals surface area contributed by atoms with Gasteiger partial charge < -0.3 is 4.74 Å². The van der Waals surface area contributed by atoms with Crippen LogP contribution in [0.4, 0.5) is 0 Å². The standard InChI is InChI=1S/C28H31N3O2S2/c1-5-6-14-33-23-12-13-24(20(4)15-23)26-21(18-31(29-26)22-10-8-7-9-11-22)16-25-27(32)30(17-19(2)3)28(34)35-25/h7-13,15-16,18-19H,5-6,14,17H2,1-4H3/b25-16-. The van der Waals surface area contributed by atoms with E-state index in [2.05, 4.69) is 39.8 Å². The molecule has 35 heavy (non-hydrogen) atoms. The van der Waals surface area contributed by atoms with Gasteiger partial charge in [-0.3, -0.25) is 9.69 Å². The first-order chi connectivity index (χ1) is 16.9. The predicted molar refractivity (Wildman–Crippen MR) is 149 cm³/mol. The normalized spacial score (nSPS) is 15.0. The fourth-order valence-corrected chi connectivity index (χ4v) is 5.17. The van der Waals surface area contributed by atoms with E-state index < -0.39 is 0 Å². The van der Waals surface area contributed by atoms with Crippen LogP contribution in [0.3, 0.4) is 0 Å². The highest BCUT2D eigenvalue weighted by Gasteiger charge is 2.32. The van der Waals surface area contributed by atoms with E-state index in [1.54, 1.807) is 4.90 Å². The molecule has 0 atom stereocenters. The molecule has 0 unspecified atom stereocenters. The Morgan fingerprint density at radius 2 is 1.94 bits per heavy atom. The molecule has 1 aromatic heterocycles. The highest BCUT2D eigenvalue weighted by molar-refractivity contribution is 8.26. The highest BCUT2D eigenvalue weighted by atomic mass is 32.2. The van der Waals surface area contributed by atoms with Crippen molar-refractivity contribution in [1.29, 1.82) is 0 Å². The maximum atomic E-state index is 13.1. The van der Waals surface area contributed by atoms with Gasteiger partial charge in [0.2, 0.25) is 0 Å². The molecule has 2 heterocycles. The molecule has 3 aromatic rings. The van der Waals surface area contributed by atoms with Gasteiger partial charge in [0.05, 0.1) is 17.2 Å². The number of unbranched alkanes of at least 4 members (excludes halogenated alkanes) is 1. The Hall–Kier alpha value is -2.90. The van der Waals surface area contributed by atoms with Crippen LogP contribution in [0.25, 0.3) is 23.0 Å². The number of hydrogen-bond donors (Lipinski definition) is 0. The van der Waals surface area contributed by atoms with Crippen LogP contribution < -0.4 is 4.74 Å². The average Bonchev–Trinajstić information content (AvgIpc) is 3.36. The summed E-state index contributed by atoms with van der Waals surface area (Å²) in [6.45, 7) is 9.72. The third-order valence-electron chi connectivity index (χ3n) is 5.69. The SMILES string of the molecule is CCCCOc1ccc(-c2nn(-c3ccccc3)cc2/C=C2\SC(=S)N(CC(C)C)C2=O)c(C)c1. The van der Waals surface area contributed by atoms with Gasteiger partial charge >= 0.3 is 0 Å². The van der Waals surface area contributed by atoms with Gasteiger partial charge in [-0.2, -0.15) is 5.10 Å². The number of para-hydroxylation sites is 1. The van der Waals surface area contributed by atoms with Crippen LogP contribution in [0.1, 0.15) is 44.7 Å². The van der Waals surface area contributed by atoms with Crippen LogP contribution in [0.5, 0.6) is 5.75 Å². The lowest BCUT2D eigenvalue weighted by Crippen LogP contribution is -2.31. The van der Waals surface area contributed by atoms with Crippen molar-refractivity contribution in [3.63, 3.8) is 0 Å². The van der Waals surface area contributed by atoms with Crippen molar-refractivity contribution < 1.29 is 9.53 Å². The number of benzene rings is 2. The molecule has 1 aliphatic rings. The van der Waals surface area contributed by atoms with E-state index in [1.807, 2.05) is 53.4 Å². The van der Waals surface area contributed by atoms with Crippen molar-refractivity contribution in [2.45, 2.75) is 40.5 Å². The summed E-state index contributed by atoms with van der Waals surface area (Å²) in [5, 5.41) is 4.93. The van der Waals surface area contributed by atoms with Crippen LogP contribution >= 0.6 is 24.0 Å². The minimum atomic E-state index is -0.0384. The summed E-state index contributed by atoms with van der Waals surface area (Å²) in [5.41, 5.74) is 4.73. The third kappa shape index (κ3) is 5.85. The molecule has 2 aromatic carbocycles. The molecule has 7 heteroatoms. The molecule has 1 aliphatic heterocycles. The molecule has 0 saturated carbocycles. The molecular weight excluding hydrogens is 474 g/mol. The maximum absolute atomic E-state index is 13.1. The molecular formula is C28H31N3O2S2. The quantitative estimate of drug-likeness (QED) is 0.180. The third-order valence-corrected chi connectivity index (χ3v) is 7.07. The number of rotatable bonds is 9. The zero-order valence-corrected chi connectivity index (χ0v) is 22.3. The van der Waals surface area contributed by atoms with Crippen molar-refractivity contribution in [3.05, 3.63) is 70.8 Å². The molecule has 0 spiro atoms. The Kier molecular flexibility index (Phi) is 8.08. The predicted octanol–water partition coefficient (Wildman–Crippen LogP) is 6.88. The summed E-state index contributed by atoms with van der Waals surface area (Å²) in [4.78, 5) is 15.4. The van der Waals surface area contributed by atoms with Crippen molar-refractivity contribution >= 4 is 40.3 Å². The largest absolute Gasteiger partial charge is 0.494 e. The van der Waals surface area contributed by atoms with Crippen molar-refractivity contribution in [2.24, 2.45) is 5.92 Å². The van der Waals surface area contributed by atoms with E-state index in [4.69, 9.17) is 22.1 Å². The first kappa shape index (κ1) is 25.2. The molecule has 0 aliphatic carbocycles. The van der Waals surface area contributed by atoms with E-state index in [9.17, 15) is 4.79 Å². The van der Waals surface area contributed by atoms with Gasteiger partial charge in [0.25, 0.3) is 5.91 Å². The molecule has 182 valence electrons. The topological polar surface area (TPSA) is 47.4 Å². The van der Waals surface area contributed by atoms with Crippen LogP contribution in [0, 0.1) is 12.8 Å². The second-order valence-electron chi connectivity index (χ2n) is 9.08. The summed E-state index contributed by atoms with van der Waals surface area (Å²) in [6, 6.07) is 16.1. The molecule has 0 N–H and O–H groups in total. The number of thiocarbonyl (C=S) groups is 1. The number of carbonyl (C=O) groups is 1. The van der Waals surface area contributed by atoms with Crippen LogP contribution in [0.2, 0.25) is 0 Å². The minimum absolute atomic E-state index is 0.0384. The maximum Gasteiger partial charge on any atom is 0.266 e. The number of hydrogen-bond acceptors (Lipinski definition) is 5. The number of thioether (sulfide) groups is 1. The molecule has 1 fully saturated rings. The van der Waals surface area contributed by atoms with Gasteiger partial charge in [0.1, 0.15) is 15.8 Å². The first-order valence-electron chi connectivity index (χ1n) is 12.0. The van der Waals surface area contributed by atoms with Gasteiger partial charge in [-0.15, -0.1) is 0 Å². The van der Waals surface area contributed by atoms with Gasteiger partial charge in [-0.25, -0.2) is 4.68 Å². The van der Waals surface area contributed by atoms with Crippen LogP contribution in [0.15, 0.2) is 59.6 Å². The Balaban J connectivity index is 1.74. The number of aromatic nitrogens is 2. The monoisotopic (exact) mass is 505 g/mol. The number of ether oxygens (including phenoxy) is 1. The minimum Gasteiger partial charge on any atom is -0.494 e. The van der Waals surface area contributed by atoms with Gasteiger partial charge in [-0.05, 0) is 61.2 Å². The smallest absolute Gasteiger partial charge is 0.266 e. The van der Waals surface area contributed by atoms with E-state index in [-0.39, 0.29) is 5.91 Å². The molecule has 1 saturated heterocycles. The van der Waals surface area contributed by atoms with E-state index >= 15 is 0 Å². The van der Waals surface area contributed by atoms with Gasteiger partial charge in [0.15, 0.2) is 0 Å². The Morgan fingerprint density at radius 3 is 2.63 bits per heavy atom. The summed E-state index contributed by atoms with van der Waals surface area (Å²) < 4.78 is 8.36. The summed E-state index contributed by atoms with van der Waals surface area (Å²) in [5.74, 6) is 1.16. The number of nitrogens with zero attached hydrogens (tertiary/aromatic N) is 3. The lowest BCUT2D eigenvalue weighted by atomic mass is 10.0. The van der Waals surface area contributed by atoms with Crippen molar-refractivity contribution in [1.82, 2.24) is 14.7 Å². The number of aryl methyl sites for hydroxylation is 1. The van der Waals surface area contributed by atoms with Crippen LogP contribution in [-0.2, 0) is 4.79 Å². The summed E-state index contributed by atoms with van der Waals surface area (Å²) in [6.07, 6.45) is 6.03. The van der Waals surface area contributed by atoms with E-state index in [1.165, 1.54) is 11.8 Å². The molecule has 5 nitrogen and oxygen atoms in total. The van der Waals surface area contributed by atoms with Crippen LogP contribution in [-0.4, -0.2) is 38.1 Å². The summed E-state index contributed by atoms with van der Waals surface area (Å²) in [7, 11) is 0. The molecule has 4 rings (SSSR count). The first-order valence-corrected chi connectivity index (χ1v) is 13.2. The Bertz CT molecular complexity index is 1250. The van der Waals surface area contributed by atoms with Gasteiger partial charge in [0, 0.05) is 23.9 Å². The van der Waals surface area contributed by atoms with E-state index in [0.29, 0.717) is 28.3 Å². The van der Waals surface area contributed by atoms with E-state index in [0.717, 1.165) is 46.7 Å². The second kappa shape index (κ2) is 11.2. The lowest BCUT2D eigenvalue weighted by Gasteiger charge is -2.16. The van der Waals surface area contributed by atoms with Gasteiger partial charge in [-0.1, -0.05) is 69.4 Å².